The van der Waals surface area contributed by atoms with Crippen molar-refractivity contribution in [1.82, 2.24) is 15.6 Å². The summed E-state index contributed by atoms with van der Waals surface area (Å²) in [7, 11) is 3.29. The zero-order valence-corrected chi connectivity index (χ0v) is 15.8. The van der Waals surface area contributed by atoms with E-state index in [9.17, 15) is 4.39 Å². The molecular weight excluding hydrogens is 339 g/mol. The molecule has 2 N–H and O–H groups in total. The lowest BCUT2D eigenvalue weighted by Gasteiger charge is -2.12. The highest BCUT2D eigenvalue weighted by Gasteiger charge is 2.05. The van der Waals surface area contributed by atoms with Crippen molar-refractivity contribution in [2.75, 3.05) is 20.7 Å². The van der Waals surface area contributed by atoms with Crippen LogP contribution in [-0.4, -0.2) is 31.6 Å². The van der Waals surface area contributed by atoms with Gasteiger partial charge in [-0.05, 0) is 24.1 Å². The highest BCUT2D eigenvalue weighted by Crippen LogP contribution is 2.13. The summed E-state index contributed by atoms with van der Waals surface area (Å²) in [5.41, 5.74) is 1.53. The predicted octanol–water partition coefficient (Wildman–Crippen LogP) is 2.90. The van der Waals surface area contributed by atoms with Crippen LogP contribution >= 0.6 is 11.3 Å². The first kappa shape index (κ1) is 19.3. The molecule has 2 aromatic rings. The third kappa shape index (κ3) is 6.10. The predicted molar refractivity (Wildman–Crippen MR) is 101 cm³/mol. The van der Waals surface area contributed by atoms with Gasteiger partial charge >= 0.3 is 0 Å². The Hall–Kier alpha value is -1.99. The minimum absolute atomic E-state index is 0.247. The highest BCUT2D eigenvalue weighted by atomic mass is 32.1. The maximum Gasteiger partial charge on any atom is 0.191 e. The Kier molecular flexibility index (Phi) is 7.81. The van der Waals surface area contributed by atoms with Crippen LogP contribution in [0.3, 0.4) is 0 Å². The Labute approximate surface area is 152 Å². The van der Waals surface area contributed by atoms with E-state index in [0.29, 0.717) is 18.1 Å². The molecule has 1 aromatic carbocycles. The average molecular weight is 364 g/mol. The average Bonchev–Trinajstić information content (AvgIpc) is 3.08. The lowest BCUT2D eigenvalue weighted by Crippen LogP contribution is -2.37. The fourth-order valence-electron chi connectivity index (χ4n) is 2.33. The molecule has 0 unspecified atom stereocenters. The first-order valence-corrected chi connectivity index (χ1v) is 9.12. The summed E-state index contributed by atoms with van der Waals surface area (Å²) in [6.45, 7) is 3.72. The lowest BCUT2D eigenvalue weighted by atomic mass is 10.1. The maximum absolute atomic E-state index is 13.6. The van der Waals surface area contributed by atoms with E-state index in [0.717, 1.165) is 30.0 Å². The number of halogens is 1. The normalized spacial score (nSPS) is 11.6. The Morgan fingerprint density at radius 1 is 1.36 bits per heavy atom. The maximum atomic E-state index is 13.6. The summed E-state index contributed by atoms with van der Waals surface area (Å²) in [5, 5.41) is 7.64. The molecule has 0 aliphatic rings. The number of hydrogen-bond donors (Lipinski definition) is 2. The molecule has 1 aromatic heterocycles. The van der Waals surface area contributed by atoms with Crippen LogP contribution in [0.1, 0.15) is 27.9 Å². The largest absolute Gasteiger partial charge is 0.380 e. The molecule has 0 aliphatic heterocycles. The molecule has 0 amide bonds. The fourth-order valence-corrected chi connectivity index (χ4v) is 3.19. The van der Waals surface area contributed by atoms with Crippen molar-refractivity contribution in [3.05, 3.63) is 51.2 Å². The third-order valence-corrected chi connectivity index (χ3v) is 4.88. The first-order valence-electron chi connectivity index (χ1n) is 8.30. The third-order valence-electron chi connectivity index (χ3n) is 3.67. The van der Waals surface area contributed by atoms with Crippen molar-refractivity contribution in [3.63, 3.8) is 0 Å². The second-order valence-corrected chi connectivity index (χ2v) is 6.73. The number of aromatic nitrogens is 1. The first-order chi connectivity index (χ1) is 12.2. The summed E-state index contributed by atoms with van der Waals surface area (Å²) in [6.07, 6.45) is 3.83. The number of ether oxygens (including phenoxy) is 1. The van der Waals surface area contributed by atoms with Crippen LogP contribution in [0.2, 0.25) is 0 Å². The molecular formula is C18H25FN4OS. The van der Waals surface area contributed by atoms with Crippen LogP contribution < -0.4 is 10.6 Å². The van der Waals surface area contributed by atoms with Crippen molar-refractivity contribution < 1.29 is 9.13 Å². The standard InChI is InChI=1S/C18H25FN4OS/c1-4-15-11-22-17(25-15)7-8-21-18(20-2)23-10-13-5-6-16(19)14(9-13)12-24-3/h5-6,9,11H,4,7-8,10,12H2,1-3H3,(H2,20,21,23). The number of rotatable bonds is 8. The molecule has 0 saturated heterocycles. The van der Waals surface area contributed by atoms with Gasteiger partial charge in [0.1, 0.15) is 5.82 Å². The van der Waals surface area contributed by atoms with Gasteiger partial charge in [0.15, 0.2) is 5.96 Å². The van der Waals surface area contributed by atoms with E-state index in [1.54, 1.807) is 37.6 Å². The molecule has 0 saturated carbocycles. The fraction of sp³-hybridized carbons (Fsp3) is 0.444. The smallest absolute Gasteiger partial charge is 0.191 e. The van der Waals surface area contributed by atoms with Crippen molar-refractivity contribution in [2.45, 2.75) is 32.9 Å². The monoisotopic (exact) mass is 364 g/mol. The van der Waals surface area contributed by atoms with Gasteiger partial charge in [-0.3, -0.25) is 4.99 Å². The molecule has 0 radical (unpaired) electrons. The molecule has 25 heavy (non-hydrogen) atoms. The second kappa shape index (κ2) is 10.1. The van der Waals surface area contributed by atoms with Crippen molar-refractivity contribution in [2.24, 2.45) is 4.99 Å². The van der Waals surface area contributed by atoms with Crippen LogP contribution in [-0.2, 0) is 30.7 Å². The number of nitrogens with zero attached hydrogens (tertiary/aromatic N) is 2. The number of methoxy groups -OCH3 is 1. The zero-order chi connectivity index (χ0) is 18.1. The van der Waals surface area contributed by atoms with Gasteiger partial charge < -0.3 is 15.4 Å². The molecule has 7 heteroatoms. The van der Waals surface area contributed by atoms with Crippen LogP contribution in [0.5, 0.6) is 0 Å². The Balaban J connectivity index is 1.81. The van der Waals surface area contributed by atoms with Gasteiger partial charge in [0.05, 0.1) is 11.6 Å². The molecule has 0 spiro atoms. The minimum atomic E-state index is -0.247. The summed E-state index contributed by atoms with van der Waals surface area (Å²) >= 11 is 1.75. The Morgan fingerprint density at radius 3 is 2.88 bits per heavy atom. The number of nitrogens with one attached hydrogen (secondary N) is 2. The Morgan fingerprint density at radius 2 is 2.20 bits per heavy atom. The molecule has 0 bridgehead atoms. The van der Waals surface area contributed by atoms with Gasteiger partial charge in [-0.1, -0.05) is 13.0 Å². The van der Waals surface area contributed by atoms with Gasteiger partial charge in [-0.25, -0.2) is 9.37 Å². The quantitative estimate of drug-likeness (QED) is 0.559. The summed E-state index contributed by atoms with van der Waals surface area (Å²) < 4.78 is 18.6. The van der Waals surface area contributed by atoms with E-state index >= 15 is 0 Å². The molecule has 0 atom stereocenters. The molecule has 2 rings (SSSR count). The number of aryl methyl sites for hydroxylation is 1. The van der Waals surface area contributed by atoms with Crippen LogP contribution in [0.25, 0.3) is 0 Å². The van der Waals surface area contributed by atoms with Crippen molar-refractivity contribution in [1.29, 1.82) is 0 Å². The van der Waals surface area contributed by atoms with E-state index in [4.69, 9.17) is 4.74 Å². The number of thiazole rings is 1. The van der Waals surface area contributed by atoms with Gasteiger partial charge in [-0.15, -0.1) is 11.3 Å². The zero-order valence-electron chi connectivity index (χ0n) is 14.9. The van der Waals surface area contributed by atoms with Crippen molar-refractivity contribution >= 4 is 17.3 Å². The summed E-state index contributed by atoms with van der Waals surface area (Å²) in [6, 6.07) is 5.03. The highest BCUT2D eigenvalue weighted by molar-refractivity contribution is 7.11. The van der Waals surface area contributed by atoms with Crippen molar-refractivity contribution in [3.8, 4) is 0 Å². The number of guanidine groups is 1. The minimum Gasteiger partial charge on any atom is -0.380 e. The van der Waals surface area contributed by atoms with Gasteiger partial charge in [0.25, 0.3) is 0 Å². The number of benzene rings is 1. The van der Waals surface area contributed by atoms with E-state index in [-0.39, 0.29) is 12.4 Å². The molecule has 0 fully saturated rings. The van der Waals surface area contributed by atoms with Crippen LogP contribution in [0.4, 0.5) is 4.39 Å². The number of aliphatic imine (C=N–C) groups is 1. The number of hydrogen-bond acceptors (Lipinski definition) is 4. The summed E-state index contributed by atoms with van der Waals surface area (Å²) in [5.74, 6) is 0.466. The molecule has 0 aliphatic carbocycles. The lowest BCUT2D eigenvalue weighted by molar-refractivity contribution is 0.181. The van der Waals surface area contributed by atoms with E-state index in [1.807, 2.05) is 6.20 Å². The van der Waals surface area contributed by atoms with E-state index in [1.165, 1.54) is 10.9 Å². The van der Waals surface area contributed by atoms with Gasteiger partial charge in [-0.2, -0.15) is 0 Å². The topological polar surface area (TPSA) is 58.5 Å². The second-order valence-electron chi connectivity index (χ2n) is 5.54. The van der Waals surface area contributed by atoms with E-state index in [2.05, 4.69) is 27.5 Å². The van der Waals surface area contributed by atoms with Crippen LogP contribution in [0, 0.1) is 5.82 Å². The molecule has 5 nitrogen and oxygen atoms in total. The SMILES string of the molecule is CCc1cnc(CCNC(=NC)NCc2ccc(F)c(COC)c2)s1. The van der Waals surface area contributed by atoms with Gasteiger partial charge in [0, 0.05) is 50.3 Å². The van der Waals surface area contributed by atoms with Crippen LogP contribution in [0.15, 0.2) is 29.4 Å². The van der Waals surface area contributed by atoms with Gasteiger partial charge in [0.2, 0.25) is 0 Å². The summed E-state index contributed by atoms with van der Waals surface area (Å²) in [4.78, 5) is 9.93. The van der Waals surface area contributed by atoms with E-state index < -0.39 is 0 Å². The molecule has 1 heterocycles. The Bertz CT molecular complexity index is 702. The molecule has 136 valence electrons.